The Kier molecular flexibility index (Phi) is 16.7. The predicted octanol–water partition coefficient (Wildman–Crippen LogP) is 6.84. The van der Waals surface area contributed by atoms with Crippen molar-refractivity contribution in [3.8, 4) is 0 Å². The fourth-order valence-electron chi connectivity index (χ4n) is 5.95. The molecule has 49 heavy (non-hydrogen) atoms. The van der Waals surface area contributed by atoms with Crippen LogP contribution < -0.4 is 5.32 Å². The summed E-state index contributed by atoms with van der Waals surface area (Å²) in [6, 6.07) is 29.8. The zero-order valence-electron chi connectivity index (χ0n) is 29.0. The third-order valence-electron chi connectivity index (χ3n) is 8.17. The lowest BCUT2D eigenvalue weighted by Gasteiger charge is -2.46. The summed E-state index contributed by atoms with van der Waals surface area (Å²) in [5, 5.41) is 3.20. The van der Waals surface area contributed by atoms with Crippen LogP contribution in [0.15, 0.2) is 116 Å². The van der Waals surface area contributed by atoms with Gasteiger partial charge in [-0.15, -0.1) is 13.2 Å². The molecule has 4 rings (SSSR count). The molecule has 3 aromatic carbocycles. The van der Waals surface area contributed by atoms with Crippen molar-refractivity contribution >= 4 is 5.91 Å². The molecule has 6 atom stereocenters. The molecule has 0 spiro atoms. The SMILES string of the molecule is C=CCOC[C@H](CC(C)C)NC(=O)C[C@H]1O[C@H](COCC=C)[C@@H](OCc2ccccc2)[C@H](OCc2ccccc2)[C@H]1OCc1ccccc1. The van der Waals surface area contributed by atoms with Gasteiger partial charge in [-0.25, -0.2) is 0 Å². The van der Waals surface area contributed by atoms with E-state index in [4.69, 9.17) is 28.4 Å². The highest BCUT2D eigenvalue weighted by atomic mass is 16.6. The number of ether oxygens (including phenoxy) is 6. The van der Waals surface area contributed by atoms with Crippen molar-refractivity contribution < 1.29 is 33.2 Å². The van der Waals surface area contributed by atoms with Crippen LogP contribution in [0.5, 0.6) is 0 Å². The van der Waals surface area contributed by atoms with Crippen LogP contribution in [0.2, 0.25) is 0 Å². The monoisotopic (exact) mass is 671 g/mol. The van der Waals surface area contributed by atoms with Crippen LogP contribution in [0.1, 0.15) is 43.4 Å². The predicted molar refractivity (Wildman–Crippen MR) is 192 cm³/mol. The van der Waals surface area contributed by atoms with Crippen LogP contribution in [-0.2, 0) is 53.0 Å². The third kappa shape index (κ3) is 13.3. The summed E-state index contributed by atoms with van der Waals surface area (Å²) in [5.41, 5.74) is 3.04. The van der Waals surface area contributed by atoms with E-state index in [0.29, 0.717) is 45.6 Å². The molecule has 1 heterocycles. The van der Waals surface area contributed by atoms with Gasteiger partial charge in [0.2, 0.25) is 5.91 Å². The topological polar surface area (TPSA) is 84.5 Å². The van der Waals surface area contributed by atoms with Crippen LogP contribution >= 0.6 is 0 Å². The second kappa shape index (κ2) is 21.5. The van der Waals surface area contributed by atoms with E-state index in [1.165, 1.54) is 0 Å². The standard InChI is InChI=1S/C41H53NO7/c1-5-22-44-29-35(24-31(3)4)42-38(43)25-36-39(46-26-32-16-10-7-11-17-32)41(48-28-34-20-14-9-15-21-34)40(37(49-36)30-45-23-6-2)47-27-33-18-12-8-13-19-33/h5-21,31,35-37,39-41H,1-2,22-30H2,3-4H3,(H,42,43)/t35-,36+,37+,39-,40+,41+/m0/s1. The molecule has 0 saturated carbocycles. The van der Waals surface area contributed by atoms with Gasteiger partial charge >= 0.3 is 0 Å². The Morgan fingerprint density at radius 2 is 1.18 bits per heavy atom. The molecule has 3 aromatic rings. The molecule has 264 valence electrons. The van der Waals surface area contributed by atoms with Gasteiger partial charge in [0.05, 0.1) is 64.8 Å². The molecule has 0 aliphatic carbocycles. The van der Waals surface area contributed by atoms with Crippen LogP contribution in [0.3, 0.4) is 0 Å². The van der Waals surface area contributed by atoms with Crippen LogP contribution in [0, 0.1) is 5.92 Å². The maximum Gasteiger partial charge on any atom is 0.223 e. The Morgan fingerprint density at radius 1 is 0.714 bits per heavy atom. The van der Waals surface area contributed by atoms with E-state index in [1.54, 1.807) is 12.2 Å². The number of hydrogen-bond donors (Lipinski definition) is 1. The number of rotatable bonds is 22. The van der Waals surface area contributed by atoms with Crippen molar-refractivity contribution in [2.24, 2.45) is 5.92 Å². The van der Waals surface area contributed by atoms with Crippen molar-refractivity contribution in [1.29, 1.82) is 0 Å². The van der Waals surface area contributed by atoms with Gasteiger partial charge in [0.25, 0.3) is 0 Å². The summed E-state index contributed by atoms with van der Waals surface area (Å²) in [6.45, 7) is 14.2. The van der Waals surface area contributed by atoms with Gasteiger partial charge in [-0.2, -0.15) is 0 Å². The fourth-order valence-corrected chi connectivity index (χ4v) is 5.95. The van der Waals surface area contributed by atoms with E-state index in [9.17, 15) is 4.79 Å². The molecule has 1 aliphatic heterocycles. The minimum Gasteiger partial charge on any atom is -0.375 e. The zero-order valence-corrected chi connectivity index (χ0v) is 29.0. The molecule has 1 amide bonds. The number of carbonyl (C=O) groups is 1. The molecule has 1 aliphatic rings. The highest BCUT2D eigenvalue weighted by Gasteiger charge is 2.49. The number of hydrogen-bond acceptors (Lipinski definition) is 7. The van der Waals surface area contributed by atoms with Crippen LogP contribution in [0.4, 0.5) is 0 Å². The van der Waals surface area contributed by atoms with Crippen molar-refractivity contribution in [3.63, 3.8) is 0 Å². The first-order valence-corrected chi connectivity index (χ1v) is 17.3. The highest BCUT2D eigenvalue weighted by molar-refractivity contribution is 5.77. The van der Waals surface area contributed by atoms with Gasteiger partial charge in [0.15, 0.2) is 0 Å². The van der Waals surface area contributed by atoms with Gasteiger partial charge in [0, 0.05) is 0 Å². The second-order valence-corrected chi connectivity index (χ2v) is 12.7. The Morgan fingerprint density at radius 3 is 1.67 bits per heavy atom. The summed E-state index contributed by atoms with van der Waals surface area (Å²) in [6.07, 6.45) is 1.28. The van der Waals surface area contributed by atoms with Gasteiger partial charge in [0.1, 0.15) is 24.4 Å². The average Bonchev–Trinajstić information content (AvgIpc) is 3.11. The Labute approximate surface area is 292 Å². The zero-order chi connectivity index (χ0) is 34.7. The second-order valence-electron chi connectivity index (χ2n) is 12.7. The van der Waals surface area contributed by atoms with Crippen LogP contribution in [-0.4, -0.2) is 68.9 Å². The van der Waals surface area contributed by atoms with E-state index >= 15 is 0 Å². The molecule has 0 unspecified atom stereocenters. The molecule has 0 bridgehead atoms. The van der Waals surface area contributed by atoms with Gasteiger partial charge in [-0.1, -0.05) is 117 Å². The lowest BCUT2D eigenvalue weighted by Crippen LogP contribution is -2.62. The lowest BCUT2D eigenvalue weighted by molar-refractivity contribution is -0.271. The molecule has 0 aromatic heterocycles. The first-order valence-electron chi connectivity index (χ1n) is 17.3. The van der Waals surface area contributed by atoms with E-state index in [-0.39, 0.29) is 25.0 Å². The molecule has 1 saturated heterocycles. The fraction of sp³-hybridized carbons (Fsp3) is 0.439. The molecule has 1 fully saturated rings. The Hall–Kier alpha value is -3.63. The van der Waals surface area contributed by atoms with Crippen molar-refractivity contribution in [1.82, 2.24) is 5.32 Å². The molecule has 1 N–H and O–H groups in total. The van der Waals surface area contributed by atoms with E-state index in [2.05, 4.69) is 32.3 Å². The van der Waals surface area contributed by atoms with Crippen molar-refractivity contribution in [2.75, 3.05) is 26.4 Å². The largest absolute Gasteiger partial charge is 0.375 e. The minimum atomic E-state index is -0.646. The lowest BCUT2D eigenvalue weighted by atomic mass is 9.92. The summed E-state index contributed by atoms with van der Waals surface area (Å²) in [5.74, 6) is 0.220. The van der Waals surface area contributed by atoms with Gasteiger partial charge in [-0.05, 0) is 29.0 Å². The van der Waals surface area contributed by atoms with E-state index in [0.717, 1.165) is 23.1 Å². The van der Waals surface area contributed by atoms with E-state index in [1.807, 2.05) is 91.0 Å². The average molecular weight is 672 g/mol. The first-order chi connectivity index (χ1) is 24.0. The summed E-state index contributed by atoms with van der Waals surface area (Å²) < 4.78 is 38.5. The molecule has 0 radical (unpaired) electrons. The minimum absolute atomic E-state index is 0.0596. The van der Waals surface area contributed by atoms with Crippen molar-refractivity contribution in [3.05, 3.63) is 133 Å². The molecule has 8 nitrogen and oxygen atoms in total. The van der Waals surface area contributed by atoms with Gasteiger partial charge < -0.3 is 33.7 Å². The number of carbonyl (C=O) groups excluding carboxylic acids is 1. The van der Waals surface area contributed by atoms with E-state index < -0.39 is 30.5 Å². The van der Waals surface area contributed by atoms with Crippen LogP contribution in [0.25, 0.3) is 0 Å². The first kappa shape index (κ1) is 38.2. The summed E-state index contributed by atoms with van der Waals surface area (Å²) in [7, 11) is 0. The normalized spacial score (nSPS) is 21.2. The maximum absolute atomic E-state index is 13.8. The highest BCUT2D eigenvalue weighted by Crippen LogP contribution is 2.32. The molecule has 8 heteroatoms. The Balaban J connectivity index is 1.64. The summed E-state index contributed by atoms with van der Waals surface area (Å²) in [4.78, 5) is 13.8. The smallest absolute Gasteiger partial charge is 0.223 e. The number of benzene rings is 3. The number of amides is 1. The summed E-state index contributed by atoms with van der Waals surface area (Å²) >= 11 is 0. The number of nitrogens with one attached hydrogen (secondary N) is 1. The molecular weight excluding hydrogens is 618 g/mol. The van der Waals surface area contributed by atoms with Crippen molar-refractivity contribution in [2.45, 2.75) is 83.1 Å². The third-order valence-corrected chi connectivity index (χ3v) is 8.17. The Bertz CT molecular complexity index is 1350. The quantitative estimate of drug-likeness (QED) is 0.0926. The molecular formula is C41H53NO7. The van der Waals surface area contributed by atoms with Gasteiger partial charge in [-0.3, -0.25) is 4.79 Å². The maximum atomic E-state index is 13.8.